The van der Waals surface area contributed by atoms with E-state index in [0.717, 1.165) is 6.92 Å². The SMILES string of the molecule is CC(F)OC(=O)CP(=O)(O)O. The maximum absolute atomic E-state index is 11.8. The van der Waals surface area contributed by atoms with Crippen molar-refractivity contribution >= 4 is 13.6 Å². The van der Waals surface area contributed by atoms with E-state index >= 15 is 0 Å². The summed E-state index contributed by atoms with van der Waals surface area (Å²) < 4.78 is 25.8. The number of halogens is 1. The molecule has 0 saturated carbocycles. The summed E-state index contributed by atoms with van der Waals surface area (Å²) >= 11 is 0. The molecule has 0 aromatic heterocycles. The molecule has 7 heteroatoms. The second kappa shape index (κ2) is 3.80. The van der Waals surface area contributed by atoms with Crippen molar-refractivity contribution in [3.8, 4) is 0 Å². The summed E-state index contributed by atoms with van der Waals surface area (Å²) in [6.45, 7) is 0.942. The van der Waals surface area contributed by atoms with Gasteiger partial charge in [0.1, 0.15) is 6.16 Å². The van der Waals surface area contributed by atoms with Gasteiger partial charge in [-0.3, -0.25) is 9.36 Å². The predicted octanol–water partition coefficient (Wildman–Crippen LogP) is 0.0228. The van der Waals surface area contributed by atoms with Gasteiger partial charge in [0.25, 0.3) is 0 Å². The Balaban J connectivity index is 3.80. The van der Waals surface area contributed by atoms with Gasteiger partial charge in [0.05, 0.1) is 0 Å². The number of carbonyl (C=O) groups excluding carboxylic acids is 1. The quantitative estimate of drug-likeness (QED) is 0.479. The molecule has 1 atom stereocenters. The molecular formula is C4H8FO5P. The van der Waals surface area contributed by atoms with Crippen LogP contribution in [0.4, 0.5) is 4.39 Å². The van der Waals surface area contributed by atoms with Crippen molar-refractivity contribution in [1.82, 2.24) is 0 Å². The van der Waals surface area contributed by atoms with Gasteiger partial charge in [-0.2, -0.15) is 0 Å². The van der Waals surface area contributed by atoms with Gasteiger partial charge in [-0.25, -0.2) is 4.39 Å². The molecule has 11 heavy (non-hydrogen) atoms. The Morgan fingerprint density at radius 1 is 1.73 bits per heavy atom. The predicted molar refractivity (Wildman–Crippen MR) is 33.6 cm³/mol. The third-order valence-electron chi connectivity index (χ3n) is 0.629. The van der Waals surface area contributed by atoms with Crippen LogP contribution in [0.15, 0.2) is 0 Å². The lowest BCUT2D eigenvalue weighted by Gasteiger charge is -2.05. The van der Waals surface area contributed by atoms with Crippen LogP contribution < -0.4 is 0 Å². The van der Waals surface area contributed by atoms with Crippen molar-refractivity contribution in [2.75, 3.05) is 6.16 Å². The Bertz CT molecular complexity index is 185. The first-order valence-electron chi connectivity index (χ1n) is 2.69. The highest BCUT2D eigenvalue weighted by Crippen LogP contribution is 2.33. The first-order chi connectivity index (χ1) is 4.81. The zero-order valence-corrected chi connectivity index (χ0v) is 6.62. The molecule has 0 aliphatic heterocycles. The van der Waals surface area contributed by atoms with Gasteiger partial charge < -0.3 is 14.5 Å². The molecular weight excluding hydrogens is 178 g/mol. The Morgan fingerprint density at radius 2 is 2.18 bits per heavy atom. The lowest BCUT2D eigenvalue weighted by atomic mass is 10.7. The van der Waals surface area contributed by atoms with Gasteiger partial charge in [0, 0.05) is 6.92 Å². The van der Waals surface area contributed by atoms with E-state index in [1.165, 1.54) is 0 Å². The first kappa shape index (κ1) is 10.6. The fourth-order valence-electron chi connectivity index (χ4n) is 0.387. The van der Waals surface area contributed by atoms with E-state index in [2.05, 4.69) is 4.74 Å². The minimum absolute atomic E-state index is 0.942. The molecule has 66 valence electrons. The van der Waals surface area contributed by atoms with Crippen molar-refractivity contribution in [2.45, 2.75) is 13.3 Å². The van der Waals surface area contributed by atoms with E-state index in [0.29, 0.717) is 0 Å². The summed E-state index contributed by atoms with van der Waals surface area (Å²) in [4.78, 5) is 26.7. The van der Waals surface area contributed by atoms with Gasteiger partial charge >= 0.3 is 13.6 Å². The molecule has 0 rings (SSSR count). The van der Waals surface area contributed by atoms with E-state index in [1.807, 2.05) is 0 Å². The Kier molecular flexibility index (Phi) is 3.65. The van der Waals surface area contributed by atoms with Crippen molar-refractivity contribution in [3.63, 3.8) is 0 Å². The van der Waals surface area contributed by atoms with Crippen molar-refractivity contribution in [2.24, 2.45) is 0 Å². The van der Waals surface area contributed by atoms with Crippen LogP contribution in [0.5, 0.6) is 0 Å². The van der Waals surface area contributed by atoms with Crippen LogP contribution in [0, 0.1) is 0 Å². The lowest BCUT2D eigenvalue weighted by Crippen LogP contribution is -2.14. The molecule has 0 aliphatic rings. The molecule has 0 saturated heterocycles. The third-order valence-corrected chi connectivity index (χ3v) is 1.30. The summed E-state index contributed by atoms with van der Waals surface area (Å²) in [7, 11) is -4.42. The normalized spacial score (nSPS) is 14.2. The maximum Gasteiger partial charge on any atom is 0.336 e. The highest BCUT2D eigenvalue weighted by Gasteiger charge is 2.21. The minimum Gasteiger partial charge on any atom is -0.431 e. The molecule has 0 radical (unpaired) electrons. The fourth-order valence-corrected chi connectivity index (χ4v) is 0.797. The van der Waals surface area contributed by atoms with Crippen molar-refractivity contribution < 1.29 is 28.3 Å². The highest BCUT2D eigenvalue weighted by molar-refractivity contribution is 7.52. The second-order valence-electron chi connectivity index (χ2n) is 1.86. The van der Waals surface area contributed by atoms with E-state index in [9.17, 15) is 13.8 Å². The van der Waals surface area contributed by atoms with Crippen LogP contribution in [0.1, 0.15) is 6.92 Å². The number of alkyl halides is 1. The maximum atomic E-state index is 11.8. The molecule has 2 N–H and O–H groups in total. The zero-order valence-electron chi connectivity index (χ0n) is 5.73. The van der Waals surface area contributed by atoms with Crippen LogP contribution in [0.2, 0.25) is 0 Å². The van der Waals surface area contributed by atoms with Crippen molar-refractivity contribution in [3.05, 3.63) is 0 Å². The van der Waals surface area contributed by atoms with Crippen LogP contribution in [0.3, 0.4) is 0 Å². The van der Waals surface area contributed by atoms with Gasteiger partial charge in [0.15, 0.2) is 0 Å². The summed E-state index contributed by atoms with van der Waals surface area (Å²) in [5.41, 5.74) is 0. The third kappa shape index (κ3) is 7.45. The summed E-state index contributed by atoms with van der Waals surface area (Å²) in [6.07, 6.45) is -2.92. The molecule has 0 spiro atoms. The van der Waals surface area contributed by atoms with Crippen LogP contribution in [0.25, 0.3) is 0 Å². The van der Waals surface area contributed by atoms with Crippen LogP contribution in [-0.2, 0) is 14.1 Å². The summed E-state index contributed by atoms with van der Waals surface area (Å²) in [5, 5.41) is 0. The van der Waals surface area contributed by atoms with E-state index in [-0.39, 0.29) is 0 Å². The smallest absolute Gasteiger partial charge is 0.336 e. The second-order valence-corrected chi connectivity index (χ2v) is 3.50. The molecule has 0 fully saturated rings. The van der Waals surface area contributed by atoms with Gasteiger partial charge in [0.2, 0.25) is 6.36 Å². The Labute approximate surface area is 62.3 Å². The fraction of sp³-hybridized carbons (Fsp3) is 0.750. The monoisotopic (exact) mass is 186 g/mol. The summed E-state index contributed by atoms with van der Waals surface area (Å²) in [6, 6.07) is 0. The largest absolute Gasteiger partial charge is 0.431 e. The average molecular weight is 186 g/mol. The molecule has 0 amide bonds. The number of carbonyl (C=O) groups is 1. The first-order valence-corrected chi connectivity index (χ1v) is 4.49. The molecule has 0 aliphatic carbocycles. The van der Waals surface area contributed by atoms with Crippen molar-refractivity contribution in [1.29, 1.82) is 0 Å². The topological polar surface area (TPSA) is 83.8 Å². The lowest BCUT2D eigenvalue weighted by molar-refractivity contribution is -0.152. The van der Waals surface area contributed by atoms with Gasteiger partial charge in [-0.15, -0.1) is 0 Å². The van der Waals surface area contributed by atoms with E-state index in [4.69, 9.17) is 9.79 Å². The minimum atomic E-state index is -4.42. The van der Waals surface area contributed by atoms with Gasteiger partial charge in [-0.1, -0.05) is 0 Å². The van der Waals surface area contributed by atoms with E-state index < -0.39 is 26.1 Å². The Hall–Kier alpha value is -0.450. The zero-order chi connectivity index (χ0) is 9.07. The molecule has 0 bridgehead atoms. The number of rotatable bonds is 3. The molecule has 0 aromatic rings. The standard InChI is InChI=1S/C4H8FO5P/c1-3(5)10-4(6)2-11(7,8)9/h3H,2H2,1H3,(H2,7,8,9). The average Bonchev–Trinajstić information content (AvgIpc) is 1.53. The van der Waals surface area contributed by atoms with E-state index in [1.54, 1.807) is 0 Å². The van der Waals surface area contributed by atoms with Gasteiger partial charge in [-0.05, 0) is 0 Å². The Morgan fingerprint density at radius 3 is 2.45 bits per heavy atom. The summed E-state index contributed by atoms with van der Waals surface area (Å²) in [5.74, 6) is -1.24. The molecule has 1 unspecified atom stereocenters. The highest BCUT2D eigenvalue weighted by atomic mass is 31.2. The molecule has 0 heterocycles. The molecule has 0 aromatic carbocycles. The van der Waals surface area contributed by atoms with Crippen LogP contribution >= 0.6 is 7.60 Å². The number of hydrogen-bond donors (Lipinski definition) is 2. The van der Waals surface area contributed by atoms with Crippen LogP contribution in [-0.4, -0.2) is 28.3 Å². The number of ether oxygens (including phenoxy) is 1. The number of hydrogen-bond acceptors (Lipinski definition) is 3. The molecule has 5 nitrogen and oxygen atoms in total. The number of esters is 1.